The topological polar surface area (TPSA) is 73.6 Å². The summed E-state index contributed by atoms with van der Waals surface area (Å²) in [7, 11) is 0. The SMILES string of the molecule is CCOC(=O)C1=C(C)N=c2s/c(=C\c3ccccn3)c(=O)n2C1c1ccccc1. The Morgan fingerprint density at radius 1 is 1.21 bits per heavy atom. The first-order valence-corrected chi connectivity index (χ1v) is 10.1. The van der Waals surface area contributed by atoms with Crippen molar-refractivity contribution in [3.63, 3.8) is 0 Å². The molecule has 7 heteroatoms. The highest BCUT2D eigenvalue weighted by molar-refractivity contribution is 7.07. The maximum Gasteiger partial charge on any atom is 0.338 e. The van der Waals surface area contributed by atoms with Gasteiger partial charge in [0.1, 0.15) is 0 Å². The predicted molar refractivity (Wildman–Crippen MR) is 111 cm³/mol. The van der Waals surface area contributed by atoms with Crippen LogP contribution in [0.3, 0.4) is 0 Å². The average Bonchev–Trinajstić information content (AvgIpc) is 3.03. The second-order valence-electron chi connectivity index (χ2n) is 6.47. The third kappa shape index (κ3) is 3.56. The van der Waals surface area contributed by atoms with Gasteiger partial charge < -0.3 is 4.74 Å². The fraction of sp³-hybridized carbons (Fsp3) is 0.182. The Hall–Kier alpha value is -3.32. The van der Waals surface area contributed by atoms with Crippen LogP contribution in [0.25, 0.3) is 6.08 Å². The third-order valence-corrected chi connectivity index (χ3v) is 5.58. The smallest absolute Gasteiger partial charge is 0.338 e. The van der Waals surface area contributed by atoms with Gasteiger partial charge in [0.2, 0.25) is 0 Å². The minimum atomic E-state index is -0.586. The normalized spacial score (nSPS) is 16.3. The summed E-state index contributed by atoms with van der Waals surface area (Å²) in [5.41, 5.74) is 2.26. The second kappa shape index (κ2) is 7.97. The first-order valence-electron chi connectivity index (χ1n) is 9.25. The predicted octanol–water partition coefficient (Wildman–Crippen LogP) is 2.19. The quantitative estimate of drug-likeness (QED) is 0.624. The van der Waals surface area contributed by atoms with E-state index in [1.165, 1.54) is 11.3 Å². The van der Waals surface area contributed by atoms with E-state index in [4.69, 9.17) is 4.74 Å². The van der Waals surface area contributed by atoms with E-state index in [0.717, 1.165) is 5.56 Å². The van der Waals surface area contributed by atoms with Crippen LogP contribution in [0.1, 0.15) is 31.1 Å². The van der Waals surface area contributed by atoms with Crippen molar-refractivity contribution in [2.24, 2.45) is 4.99 Å². The van der Waals surface area contributed by atoms with Gasteiger partial charge in [-0.05, 0) is 37.6 Å². The lowest BCUT2D eigenvalue weighted by atomic mass is 9.96. The molecule has 146 valence electrons. The van der Waals surface area contributed by atoms with Crippen LogP contribution in [-0.4, -0.2) is 22.1 Å². The molecule has 0 fully saturated rings. The number of pyridine rings is 1. The Balaban J connectivity index is 1.96. The van der Waals surface area contributed by atoms with E-state index in [1.54, 1.807) is 30.7 Å². The lowest BCUT2D eigenvalue weighted by Gasteiger charge is -2.24. The van der Waals surface area contributed by atoms with Crippen molar-refractivity contribution in [2.45, 2.75) is 19.9 Å². The lowest BCUT2D eigenvalue weighted by molar-refractivity contribution is -0.139. The van der Waals surface area contributed by atoms with Crippen molar-refractivity contribution in [1.29, 1.82) is 0 Å². The Bertz CT molecular complexity index is 1260. The Kier molecular flexibility index (Phi) is 5.22. The summed E-state index contributed by atoms with van der Waals surface area (Å²) in [4.78, 5) is 35.4. The number of fused-ring (bicyclic) bond motifs is 1. The van der Waals surface area contributed by atoms with Crippen LogP contribution in [-0.2, 0) is 9.53 Å². The Morgan fingerprint density at radius 2 is 1.97 bits per heavy atom. The molecule has 1 unspecified atom stereocenters. The number of nitrogens with zero attached hydrogens (tertiary/aromatic N) is 3. The molecule has 0 aliphatic carbocycles. The van der Waals surface area contributed by atoms with Gasteiger partial charge in [0.15, 0.2) is 4.80 Å². The summed E-state index contributed by atoms with van der Waals surface area (Å²) in [5, 5.41) is 0. The van der Waals surface area contributed by atoms with Gasteiger partial charge in [-0.25, -0.2) is 9.79 Å². The second-order valence-corrected chi connectivity index (χ2v) is 7.48. The van der Waals surface area contributed by atoms with Crippen molar-refractivity contribution in [2.75, 3.05) is 6.61 Å². The van der Waals surface area contributed by atoms with Crippen LogP contribution in [0, 0.1) is 0 Å². The van der Waals surface area contributed by atoms with Crippen molar-refractivity contribution in [1.82, 2.24) is 9.55 Å². The largest absolute Gasteiger partial charge is 0.463 e. The van der Waals surface area contributed by atoms with Crippen molar-refractivity contribution >= 4 is 23.4 Å². The molecule has 1 aliphatic heterocycles. The molecule has 29 heavy (non-hydrogen) atoms. The van der Waals surface area contributed by atoms with Crippen LogP contribution in [0.4, 0.5) is 0 Å². The number of benzene rings is 1. The molecule has 4 rings (SSSR count). The van der Waals surface area contributed by atoms with E-state index < -0.39 is 12.0 Å². The molecule has 2 aromatic heterocycles. The van der Waals surface area contributed by atoms with E-state index in [2.05, 4.69) is 9.98 Å². The standard InChI is InChI=1S/C22H19N3O3S/c1-3-28-21(27)18-14(2)24-22-25(19(18)15-9-5-4-6-10-15)20(26)17(29-22)13-16-11-7-8-12-23-16/h4-13,19H,3H2,1-2H3/b17-13-. The minimum absolute atomic E-state index is 0.206. The number of rotatable bonds is 4. The summed E-state index contributed by atoms with van der Waals surface area (Å²) >= 11 is 1.29. The summed E-state index contributed by atoms with van der Waals surface area (Å²) in [6, 6.07) is 14.4. The number of carbonyl (C=O) groups is 1. The molecule has 6 nitrogen and oxygen atoms in total. The molecule has 0 spiro atoms. The van der Waals surface area contributed by atoms with Gasteiger partial charge in [0, 0.05) is 6.20 Å². The summed E-state index contributed by atoms with van der Waals surface area (Å²) in [6.07, 6.45) is 3.42. The molecule has 3 heterocycles. The maximum atomic E-state index is 13.3. The van der Waals surface area contributed by atoms with Crippen LogP contribution in [0.15, 0.2) is 75.8 Å². The van der Waals surface area contributed by atoms with Crippen molar-refractivity contribution in [3.05, 3.63) is 96.9 Å². The summed E-state index contributed by atoms with van der Waals surface area (Å²) in [5.74, 6) is -0.457. The number of hydrogen-bond donors (Lipinski definition) is 0. The number of hydrogen-bond acceptors (Lipinski definition) is 6. The number of carbonyl (C=O) groups excluding carboxylic acids is 1. The molecule has 0 radical (unpaired) electrons. The molecular formula is C22H19N3O3S. The lowest BCUT2D eigenvalue weighted by Crippen LogP contribution is -2.39. The highest BCUT2D eigenvalue weighted by atomic mass is 32.1. The molecule has 0 saturated heterocycles. The molecule has 1 atom stereocenters. The zero-order chi connectivity index (χ0) is 20.4. The summed E-state index contributed by atoms with van der Waals surface area (Å²) in [6.45, 7) is 3.78. The molecule has 0 saturated carbocycles. The van der Waals surface area contributed by atoms with Crippen LogP contribution in [0.5, 0.6) is 0 Å². The van der Waals surface area contributed by atoms with Crippen LogP contribution in [0.2, 0.25) is 0 Å². The van der Waals surface area contributed by atoms with Gasteiger partial charge in [-0.1, -0.05) is 47.7 Å². The van der Waals surface area contributed by atoms with E-state index in [-0.39, 0.29) is 12.2 Å². The minimum Gasteiger partial charge on any atom is -0.463 e. The molecule has 0 amide bonds. The first kappa shape index (κ1) is 19.0. The zero-order valence-electron chi connectivity index (χ0n) is 16.0. The third-order valence-electron chi connectivity index (χ3n) is 4.60. The Morgan fingerprint density at radius 3 is 2.66 bits per heavy atom. The fourth-order valence-electron chi connectivity index (χ4n) is 3.34. The highest BCUT2D eigenvalue weighted by Crippen LogP contribution is 2.30. The molecular weight excluding hydrogens is 386 g/mol. The zero-order valence-corrected chi connectivity index (χ0v) is 16.8. The van der Waals surface area contributed by atoms with Gasteiger partial charge in [-0.3, -0.25) is 14.3 Å². The first-order chi connectivity index (χ1) is 14.1. The van der Waals surface area contributed by atoms with Gasteiger partial charge in [0.05, 0.1) is 34.1 Å². The number of allylic oxidation sites excluding steroid dienone is 1. The monoisotopic (exact) mass is 405 g/mol. The van der Waals surface area contributed by atoms with Crippen LogP contribution >= 0.6 is 11.3 Å². The number of esters is 1. The summed E-state index contributed by atoms with van der Waals surface area (Å²) < 4.78 is 7.37. The maximum absolute atomic E-state index is 13.3. The van der Waals surface area contributed by atoms with E-state index in [0.29, 0.717) is 26.3 Å². The van der Waals surface area contributed by atoms with E-state index >= 15 is 0 Å². The molecule has 1 aromatic carbocycles. The van der Waals surface area contributed by atoms with E-state index in [9.17, 15) is 9.59 Å². The molecule has 3 aromatic rings. The Labute approximate surface area is 171 Å². The molecule has 0 N–H and O–H groups in total. The van der Waals surface area contributed by atoms with E-state index in [1.807, 2.05) is 48.5 Å². The fourth-order valence-corrected chi connectivity index (χ4v) is 4.37. The molecule has 0 bridgehead atoms. The molecule has 1 aliphatic rings. The van der Waals surface area contributed by atoms with Gasteiger partial charge >= 0.3 is 5.97 Å². The highest BCUT2D eigenvalue weighted by Gasteiger charge is 2.33. The van der Waals surface area contributed by atoms with Crippen LogP contribution < -0.4 is 14.9 Å². The average molecular weight is 405 g/mol. The van der Waals surface area contributed by atoms with Gasteiger partial charge in [0.25, 0.3) is 5.56 Å². The van der Waals surface area contributed by atoms with Gasteiger partial charge in [-0.15, -0.1) is 0 Å². The number of thiazole rings is 1. The van der Waals surface area contributed by atoms with Gasteiger partial charge in [-0.2, -0.15) is 0 Å². The van der Waals surface area contributed by atoms with Crippen molar-refractivity contribution in [3.8, 4) is 0 Å². The van der Waals surface area contributed by atoms with Crippen molar-refractivity contribution < 1.29 is 9.53 Å². The number of ether oxygens (including phenoxy) is 1. The number of aromatic nitrogens is 2.